The first-order valence-electron chi connectivity index (χ1n) is 7.92. The average Bonchev–Trinajstić information content (AvgIpc) is 2.53. The van der Waals surface area contributed by atoms with E-state index < -0.39 is 0 Å². The van der Waals surface area contributed by atoms with Gasteiger partial charge in [-0.1, -0.05) is 25.3 Å². The van der Waals surface area contributed by atoms with E-state index in [0.29, 0.717) is 19.1 Å². The SMILES string of the molecule is CNCC(c1ccc2c(c1)OCCO2)C1CCCCC1. The largest absolute Gasteiger partial charge is 0.486 e. The van der Waals surface area contributed by atoms with Crippen LogP contribution in [0, 0.1) is 5.92 Å². The smallest absolute Gasteiger partial charge is 0.161 e. The number of fused-ring (bicyclic) bond motifs is 1. The van der Waals surface area contributed by atoms with Crippen molar-refractivity contribution in [3.8, 4) is 11.5 Å². The van der Waals surface area contributed by atoms with Crippen molar-refractivity contribution in [3.05, 3.63) is 23.8 Å². The highest BCUT2D eigenvalue weighted by atomic mass is 16.6. The molecule has 110 valence electrons. The zero-order valence-electron chi connectivity index (χ0n) is 12.4. The molecule has 1 aromatic carbocycles. The summed E-state index contributed by atoms with van der Waals surface area (Å²) in [4.78, 5) is 0. The third kappa shape index (κ3) is 2.93. The van der Waals surface area contributed by atoms with Gasteiger partial charge in [-0.05, 0) is 49.4 Å². The Balaban J connectivity index is 1.82. The van der Waals surface area contributed by atoms with Crippen LogP contribution in [0.1, 0.15) is 43.6 Å². The fourth-order valence-electron chi connectivity index (χ4n) is 3.60. The molecule has 3 nitrogen and oxygen atoms in total. The molecule has 0 amide bonds. The van der Waals surface area contributed by atoms with Crippen LogP contribution in [0.3, 0.4) is 0 Å². The molecule has 1 fully saturated rings. The summed E-state index contributed by atoms with van der Waals surface area (Å²) >= 11 is 0. The molecular weight excluding hydrogens is 250 g/mol. The third-order valence-corrected chi connectivity index (χ3v) is 4.64. The minimum absolute atomic E-state index is 0.594. The van der Waals surface area contributed by atoms with Gasteiger partial charge >= 0.3 is 0 Å². The monoisotopic (exact) mass is 275 g/mol. The van der Waals surface area contributed by atoms with Gasteiger partial charge in [-0.25, -0.2) is 0 Å². The van der Waals surface area contributed by atoms with Crippen molar-refractivity contribution in [1.82, 2.24) is 5.32 Å². The molecule has 0 saturated heterocycles. The molecule has 1 saturated carbocycles. The second kappa shape index (κ2) is 6.49. The second-order valence-electron chi connectivity index (χ2n) is 5.97. The average molecular weight is 275 g/mol. The molecule has 20 heavy (non-hydrogen) atoms. The number of benzene rings is 1. The molecule has 0 radical (unpaired) electrons. The first kappa shape index (κ1) is 13.7. The Morgan fingerprint density at radius 2 is 1.85 bits per heavy atom. The number of nitrogens with one attached hydrogen (secondary N) is 1. The van der Waals surface area contributed by atoms with Crippen LogP contribution in [0.4, 0.5) is 0 Å². The van der Waals surface area contributed by atoms with Crippen molar-refractivity contribution < 1.29 is 9.47 Å². The number of hydrogen-bond acceptors (Lipinski definition) is 3. The minimum atomic E-state index is 0.594. The molecule has 1 atom stereocenters. The number of rotatable bonds is 4. The number of hydrogen-bond donors (Lipinski definition) is 1. The van der Waals surface area contributed by atoms with E-state index in [2.05, 4.69) is 23.5 Å². The van der Waals surface area contributed by atoms with Crippen molar-refractivity contribution in [2.24, 2.45) is 5.92 Å². The molecular formula is C17H25NO2. The lowest BCUT2D eigenvalue weighted by Gasteiger charge is -2.31. The summed E-state index contributed by atoms with van der Waals surface area (Å²) < 4.78 is 11.4. The Bertz CT molecular complexity index is 441. The highest BCUT2D eigenvalue weighted by molar-refractivity contribution is 5.45. The topological polar surface area (TPSA) is 30.5 Å². The van der Waals surface area contributed by atoms with E-state index in [4.69, 9.17) is 9.47 Å². The van der Waals surface area contributed by atoms with E-state index in [1.165, 1.54) is 37.7 Å². The summed E-state index contributed by atoms with van der Waals surface area (Å²) in [5, 5.41) is 3.37. The zero-order valence-corrected chi connectivity index (χ0v) is 12.4. The van der Waals surface area contributed by atoms with Gasteiger partial charge < -0.3 is 14.8 Å². The fraction of sp³-hybridized carbons (Fsp3) is 0.647. The zero-order chi connectivity index (χ0) is 13.8. The summed E-state index contributed by atoms with van der Waals surface area (Å²) in [5.41, 5.74) is 1.40. The summed E-state index contributed by atoms with van der Waals surface area (Å²) in [6.07, 6.45) is 6.90. The highest BCUT2D eigenvalue weighted by Crippen LogP contribution is 2.39. The van der Waals surface area contributed by atoms with Crippen molar-refractivity contribution >= 4 is 0 Å². The van der Waals surface area contributed by atoms with E-state index in [-0.39, 0.29) is 0 Å². The molecule has 3 rings (SSSR count). The Morgan fingerprint density at radius 1 is 1.10 bits per heavy atom. The van der Waals surface area contributed by atoms with Gasteiger partial charge in [0.05, 0.1) is 0 Å². The van der Waals surface area contributed by atoms with Crippen molar-refractivity contribution in [2.45, 2.75) is 38.0 Å². The first-order valence-corrected chi connectivity index (χ1v) is 7.92. The summed E-state index contributed by atoms with van der Waals surface area (Å²) in [6, 6.07) is 6.50. The van der Waals surface area contributed by atoms with Crippen molar-refractivity contribution in [2.75, 3.05) is 26.8 Å². The van der Waals surface area contributed by atoms with Gasteiger partial charge in [0.1, 0.15) is 13.2 Å². The predicted octanol–water partition coefficient (Wildman–Crippen LogP) is 3.34. The van der Waals surface area contributed by atoms with Crippen LogP contribution >= 0.6 is 0 Å². The van der Waals surface area contributed by atoms with Gasteiger partial charge in [-0.15, -0.1) is 0 Å². The van der Waals surface area contributed by atoms with Crippen LogP contribution in [0.5, 0.6) is 11.5 Å². The van der Waals surface area contributed by atoms with E-state index in [9.17, 15) is 0 Å². The summed E-state index contributed by atoms with van der Waals surface area (Å²) in [5.74, 6) is 3.22. The van der Waals surface area contributed by atoms with Gasteiger partial charge in [-0.3, -0.25) is 0 Å². The van der Waals surface area contributed by atoms with Crippen LogP contribution in [0.25, 0.3) is 0 Å². The van der Waals surface area contributed by atoms with Gasteiger partial charge in [0.25, 0.3) is 0 Å². The van der Waals surface area contributed by atoms with Crippen LogP contribution in [-0.4, -0.2) is 26.8 Å². The standard InChI is InChI=1S/C17H25NO2/c1-18-12-15(13-5-3-2-4-6-13)14-7-8-16-17(11-14)20-10-9-19-16/h7-8,11,13,15,18H,2-6,9-10,12H2,1H3. The molecule has 1 aliphatic heterocycles. The Kier molecular flexibility index (Phi) is 4.46. The molecule has 1 aliphatic carbocycles. The van der Waals surface area contributed by atoms with Gasteiger partial charge in [-0.2, -0.15) is 0 Å². The maximum Gasteiger partial charge on any atom is 0.161 e. The van der Waals surface area contributed by atoms with Crippen LogP contribution in [0.2, 0.25) is 0 Å². The van der Waals surface area contributed by atoms with E-state index in [1.807, 2.05) is 7.05 Å². The molecule has 2 aliphatic rings. The maximum absolute atomic E-state index is 5.73. The van der Waals surface area contributed by atoms with E-state index in [0.717, 1.165) is 24.0 Å². The van der Waals surface area contributed by atoms with Crippen molar-refractivity contribution in [1.29, 1.82) is 0 Å². The molecule has 1 N–H and O–H groups in total. The Morgan fingerprint density at radius 3 is 2.60 bits per heavy atom. The summed E-state index contributed by atoms with van der Waals surface area (Å²) in [6.45, 7) is 2.37. The lowest BCUT2D eigenvalue weighted by atomic mass is 9.76. The van der Waals surface area contributed by atoms with E-state index in [1.54, 1.807) is 0 Å². The van der Waals surface area contributed by atoms with Crippen LogP contribution < -0.4 is 14.8 Å². The van der Waals surface area contributed by atoms with Crippen LogP contribution in [0.15, 0.2) is 18.2 Å². The molecule has 0 spiro atoms. The van der Waals surface area contributed by atoms with Crippen molar-refractivity contribution in [3.63, 3.8) is 0 Å². The Labute approximate surface area is 121 Å². The van der Waals surface area contributed by atoms with Gasteiger partial charge in [0.2, 0.25) is 0 Å². The molecule has 0 aromatic heterocycles. The fourth-order valence-corrected chi connectivity index (χ4v) is 3.60. The Hall–Kier alpha value is -1.22. The second-order valence-corrected chi connectivity index (χ2v) is 5.97. The molecule has 3 heteroatoms. The minimum Gasteiger partial charge on any atom is -0.486 e. The lowest BCUT2D eigenvalue weighted by molar-refractivity contribution is 0.171. The molecule has 0 bridgehead atoms. The predicted molar refractivity (Wildman–Crippen MR) is 80.7 cm³/mol. The highest BCUT2D eigenvalue weighted by Gasteiger charge is 2.25. The first-order chi connectivity index (χ1) is 9.88. The number of likely N-dealkylation sites (N-methyl/N-ethyl adjacent to an activating group) is 1. The molecule has 1 heterocycles. The normalized spacial score (nSPS) is 20.6. The quantitative estimate of drug-likeness (QED) is 0.914. The maximum atomic E-state index is 5.73. The summed E-state index contributed by atoms with van der Waals surface area (Å²) in [7, 11) is 2.05. The molecule has 1 aromatic rings. The number of ether oxygens (including phenoxy) is 2. The van der Waals surface area contributed by atoms with Gasteiger partial charge in [0.15, 0.2) is 11.5 Å². The van der Waals surface area contributed by atoms with Crippen LogP contribution in [-0.2, 0) is 0 Å². The molecule has 1 unspecified atom stereocenters. The van der Waals surface area contributed by atoms with E-state index >= 15 is 0 Å². The lowest BCUT2D eigenvalue weighted by Crippen LogP contribution is -2.26. The third-order valence-electron chi connectivity index (χ3n) is 4.64. The van der Waals surface area contributed by atoms with Gasteiger partial charge in [0, 0.05) is 6.54 Å².